The lowest BCUT2D eigenvalue weighted by Gasteiger charge is -2.25. The average molecular weight is 343 g/mol. The monoisotopic (exact) mass is 343 g/mol. The summed E-state index contributed by atoms with van der Waals surface area (Å²) in [5.41, 5.74) is 1.24. The van der Waals surface area contributed by atoms with E-state index in [1.165, 1.54) is 0 Å². The number of amides is 2. The average Bonchev–Trinajstić information content (AvgIpc) is 3.02. The minimum atomic E-state index is -0.650. The molecule has 1 aliphatic rings. The molecule has 1 unspecified atom stereocenters. The fourth-order valence-corrected chi connectivity index (χ4v) is 3.21. The van der Waals surface area contributed by atoms with Gasteiger partial charge in [0.1, 0.15) is 0 Å². The molecule has 25 heavy (non-hydrogen) atoms. The van der Waals surface area contributed by atoms with Crippen LogP contribution in [0.5, 0.6) is 0 Å². The van der Waals surface area contributed by atoms with E-state index in [0.29, 0.717) is 25.2 Å². The van der Waals surface area contributed by atoms with Gasteiger partial charge in [-0.15, -0.1) is 0 Å². The highest BCUT2D eigenvalue weighted by molar-refractivity contribution is 5.98. The van der Waals surface area contributed by atoms with Crippen molar-refractivity contribution in [3.8, 4) is 0 Å². The van der Waals surface area contributed by atoms with Crippen LogP contribution in [0.25, 0.3) is 10.9 Å². The first kappa shape index (κ1) is 17.3. The highest BCUT2D eigenvalue weighted by atomic mass is 19.1. The van der Waals surface area contributed by atoms with Gasteiger partial charge in [-0.2, -0.15) is 0 Å². The van der Waals surface area contributed by atoms with Crippen molar-refractivity contribution in [3.05, 3.63) is 42.1 Å². The Morgan fingerprint density at radius 2 is 2.20 bits per heavy atom. The van der Waals surface area contributed by atoms with Crippen molar-refractivity contribution in [3.63, 3.8) is 0 Å². The van der Waals surface area contributed by atoms with Crippen LogP contribution in [0.4, 0.5) is 4.39 Å². The number of hydrogen-bond acceptors (Lipinski definition) is 3. The molecule has 1 saturated heterocycles. The number of hydrogen-bond donors (Lipinski definition) is 1. The summed E-state index contributed by atoms with van der Waals surface area (Å²) in [5, 5.41) is 3.76. The molecule has 5 nitrogen and oxygen atoms in total. The van der Waals surface area contributed by atoms with Crippen molar-refractivity contribution in [2.75, 3.05) is 26.3 Å². The molecule has 132 valence electrons. The Balaban J connectivity index is 1.66. The summed E-state index contributed by atoms with van der Waals surface area (Å²) in [4.78, 5) is 30.4. The van der Waals surface area contributed by atoms with Crippen LogP contribution >= 0.6 is 0 Å². The molecule has 0 radical (unpaired) electrons. The van der Waals surface area contributed by atoms with E-state index in [2.05, 4.69) is 10.3 Å². The van der Waals surface area contributed by atoms with Crippen LogP contribution in [-0.4, -0.2) is 48.0 Å². The molecule has 2 aromatic rings. The SMILES string of the molecule is CC1(CNC(=O)CCF)CCN(C(=O)c2ccc3cccnc3c2)C1. The molecule has 0 saturated carbocycles. The molecule has 1 aromatic carbocycles. The van der Waals surface area contributed by atoms with Crippen LogP contribution in [0.3, 0.4) is 0 Å². The largest absolute Gasteiger partial charge is 0.355 e. The summed E-state index contributed by atoms with van der Waals surface area (Å²) in [6, 6.07) is 9.37. The van der Waals surface area contributed by atoms with Gasteiger partial charge in [0.2, 0.25) is 5.91 Å². The Hall–Kier alpha value is -2.50. The zero-order valence-electron chi connectivity index (χ0n) is 14.3. The predicted octanol–water partition coefficient (Wildman–Crippen LogP) is 2.56. The number of carbonyl (C=O) groups is 2. The number of pyridine rings is 1. The second kappa shape index (κ2) is 7.17. The first-order chi connectivity index (χ1) is 12.0. The normalized spacial score (nSPS) is 20.0. The van der Waals surface area contributed by atoms with E-state index in [1.54, 1.807) is 6.20 Å². The second-order valence-electron chi connectivity index (χ2n) is 6.91. The third-order valence-electron chi connectivity index (χ3n) is 4.73. The van der Waals surface area contributed by atoms with E-state index in [0.717, 1.165) is 17.3 Å². The number of carbonyl (C=O) groups excluding carboxylic acids is 2. The lowest BCUT2D eigenvalue weighted by Crippen LogP contribution is -2.39. The number of benzene rings is 1. The lowest BCUT2D eigenvalue weighted by molar-refractivity contribution is -0.121. The topological polar surface area (TPSA) is 62.3 Å². The quantitative estimate of drug-likeness (QED) is 0.908. The summed E-state index contributed by atoms with van der Waals surface area (Å²) >= 11 is 0. The fraction of sp³-hybridized carbons (Fsp3) is 0.421. The van der Waals surface area contributed by atoms with Crippen molar-refractivity contribution in [1.29, 1.82) is 0 Å². The first-order valence-electron chi connectivity index (χ1n) is 8.47. The molecule has 2 amide bonds. The molecule has 1 aliphatic heterocycles. The molecule has 0 spiro atoms. The maximum Gasteiger partial charge on any atom is 0.253 e. The van der Waals surface area contributed by atoms with Gasteiger partial charge >= 0.3 is 0 Å². The van der Waals surface area contributed by atoms with Crippen LogP contribution in [0.1, 0.15) is 30.1 Å². The summed E-state index contributed by atoms with van der Waals surface area (Å²) in [6.07, 6.45) is 2.41. The summed E-state index contributed by atoms with van der Waals surface area (Å²) in [7, 11) is 0. The summed E-state index contributed by atoms with van der Waals surface area (Å²) in [5.74, 6) is -0.305. The zero-order chi connectivity index (χ0) is 17.9. The van der Waals surface area contributed by atoms with Gasteiger partial charge in [-0.25, -0.2) is 0 Å². The molecule has 0 aliphatic carbocycles. The van der Waals surface area contributed by atoms with E-state index < -0.39 is 6.67 Å². The van der Waals surface area contributed by atoms with Crippen molar-refractivity contribution < 1.29 is 14.0 Å². The number of fused-ring (bicyclic) bond motifs is 1. The van der Waals surface area contributed by atoms with Gasteiger partial charge in [0.15, 0.2) is 0 Å². The molecule has 6 heteroatoms. The van der Waals surface area contributed by atoms with Crippen LogP contribution in [-0.2, 0) is 4.79 Å². The van der Waals surface area contributed by atoms with E-state index in [9.17, 15) is 14.0 Å². The van der Waals surface area contributed by atoms with Gasteiger partial charge in [0.05, 0.1) is 18.6 Å². The standard InChI is InChI=1S/C19H22FN3O2/c1-19(12-22-17(24)6-8-20)7-10-23(13-19)18(25)15-5-4-14-3-2-9-21-16(14)11-15/h2-5,9,11H,6-8,10,12-13H2,1H3,(H,22,24). The van der Waals surface area contributed by atoms with E-state index in [-0.39, 0.29) is 23.7 Å². The predicted molar refractivity (Wildman–Crippen MR) is 94.0 cm³/mol. The molecule has 0 bridgehead atoms. The summed E-state index contributed by atoms with van der Waals surface area (Å²) < 4.78 is 12.2. The molecule has 2 heterocycles. The molecular formula is C19H22FN3O2. The maximum absolute atomic E-state index is 12.8. The molecule has 1 N–H and O–H groups in total. The minimum absolute atomic E-state index is 0.0219. The van der Waals surface area contributed by atoms with Gasteiger partial charge in [-0.05, 0) is 24.6 Å². The van der Waals surface area contributed by atoms with Crippen molar-refractivity contribution in [2.45, 2.75) is 19.8 Å². The van der Waals surface area contributed by atoms with Crippen LogP contribution < -0.4 is 5.32 Å². The third-order valence-corrected chi connectivity index (χ3v) is 4.73. The maximum atomic E-state index is 12.8. The van der Waals surface area contributed by atoms with Gasteiger partial charge in [0, 0.05) is 42.2 Å². The van der Waals surface area contributed by atoms with Gasteiger partial charge in [0.25, 0.3) is 5.91 Å². The highest BCUT2D eigenvalue weighted by Crippen LogP contribution is 2.30. The van der Waals surface area contributed by atoms with E-state index in [4.69, 9.17) is 0 Å². The number of nitrogens with one attached hydrogen (secondary N) is 1. The summed E-state index contributed by atoms with van der Waals surface area (Å²) in [6.45, 7) is 3.06. The smallest absolute Gasteiger partial charge is 0.253 e. The number of likely N-dealkylation sites (tertiary alicyclic amines) is 1. The van der Waals surface area contributed by atoms with Gasteiger partial charge in [-0.3, -0.25) is 19.0 Å². The number of rotatable bonds is 5. The van der Waals surface area contributed by atoms with E-state index in [1.807, 2.05) is 42.2 Å². The first-order valence-corrected chi connectivity index (χ1v) is 8.47. The van der Waals surface area contributed by atoms with Crippen molar-refractivity contribution in [1.82, 2.24) is 15.2 Å². The van der Waals surface area contributed by atoms with Crippen molar-refractivity contribution in [2.24, 2.45) is 5.41 Å². The second-order valence-corrected chi connectivity index (χ2v) is 6.91. The Bertz CT molecular complexity index is 795. The zero-order valence-corrected chi connectivity index (χ0v) is 14.3. The van der Waals surface area contributed by atoms with Crippen LogP contribution in [0, 0.1) is 5.41 Å². The Kier molecular flexibility index (Phi) is 4.97. The molecular weight excluding hydrogens is 321 g/mol. The number of aromatic nitrogens is 1. The Morgan fingerprint density at radius 1 is 1.36 bits per heavy atom. The van der Waals surface area contributed by atoms with E-state index >= 15 is 0 Å². The molecule has 1 aromatic heterocycles. The number of alkyl halides is 1. The molecule has 3 rings (SSSR count). The van der Waals surface area contributed by atoms with Crippen LogP contribution in [0.15, 0.2) is 36.5 Å². The van der Waals surface area contributed by atoms with Gasteiger partial charge < -0.3 is 10.2 Å². The molecule has 1 fully saturated rings. The van der Waals surface area contributed by atoms with Gasteiger partial charge in [-0.1, -0.05) is 19.1 Å². The third kappa shape index (κ3) is 3.95. The fourth-order valence-electron chi connectivity index (χ4n) is 3.21. The van der Waals surface area contributed by atoms with Crippen LogP contribution in [0.2, 0.25) is 0 Å². The molecule has 1 atom stereocenters. The highest BCUT2D eigenvalue weighted by Gasteiger charge is 2.36. The Labute approximate surface area is 146 Å². The lowest BCUT2D eigenvalue weighted by atomic mass is 9.90. The number of nitrogens with zero attached hydrogens (tertiary/aromatic N) is 2. The Morgan fingerprint density at radius 3 is 3.00 bits per heavy atom. The number of halogens is 1. The minimum Gasteiger partial charge on any atom is -0.355 e. The van der Waals surface area contributed by atoms with Crippen molar-refractivity contribution >= 4 is 22.7 Å².